The van der Waals surface area contributed by atoms with E-state index >= 15 is 0 Å². The molecule has 0 bridgehead atoms. The van der Waals surface area contributed by atoms with Crippen molar-refractivity contribution >= 4 is 11.6 Å². The van der Waals surface area contributed by atoms with Crippen LogP contribution in [0.3, 0.4) is 0 Å². The van der Waals surface area contributed by atoms with Gasteiger partial charge in [0, 0.05) is 0 Å². The Kier molecular flexibility index (Phi) is 3.82. The van der Waals surface area contributed by atoms with E-state index in [1.165, 1.54) is 0 Å². The van der Waals surface area contributed by atoms with Crippen LogP contribution in [-0.2, 0) is 4.74 Å². The lowest BCUT2D eigenvalue weighted by atomic mass is 10.2. The fourth-order valence-corrected chi connectivity index (χ4v) is 2.18. The first-order valence-electron chi connectivity index (χ1n) is 5.83. The van der Waals surface area contributed by atoms with Crippen LogP contribution in [0.4, 0.5) is 0 Å². The normalized spacial score (nSPS) is 27.2. The zero-order chi connectivity index (χ0) is 11.5. The highest BCUT2D eigenvalue weighted by Gasteiger charge is 2.29. The Balaban J connectivity index is 2.01. The highest BCUT2D eigenvalue weighted by molar-refractivity contribution is 6.20. The lowest BCUT2D eigenvalue weighted by molar-refractivity contribution is 0.0355. The summed E-state index contributed by atoms with van der Waals surface area (Å²) in [6, 6.07) is 0. The Morgan fingerprint density at radius 1 is 1.50 bits per heavy atom. The first-order chi connectivity index (χ1) is 7.70. The first kappa shape index (κ1) is 11.9. The number of aromatic nitrogens is 2. The Labute approximate surface area is 100 Å². The van der Waals surface area contributed by atoms with Crippen LogP contribution in [0.1, 0.15) is 62.7 Å². The highest BCUT2D eigenvalue weighted by Crippen LogP contribution is 2.32. The predicted molar refractivity (Wildman–Crippen MR) is 60.3 cm³/mol. The average Bonchev–Trinajstić information content (AvgIpc) is 2.85. The number of rotatable bonds is 4. The summed E-state index contributed by atoms with van der Waals surface area (Å²) in [6.07, 6.45) is 4.10. The SMILES string of the molecule is CCCC(Cl)c1noc(C2CCC(C)O2)n1. The van der Waals surface area contributed by atoms with Gasteiger partial charge in [0.25, 0.3) is 5.89 Å². The molecule has 16 heavy (non-hydrogen) atoms. The van der Waals surface area contributed by atoms with E-state index in [1.54, 1.807) is 0 Å². The van der Waals surface area contributed by atoms with Gasteiger partial charge >= 0.3 is 0 Å². The van der Waals surface area contributed by atoms with Gasteiger partial charge in [-0.2, -0.15) is 4.98 Å². The van der Waals surface area contributed by atoms with E-state index in [1.807, 2.05) is 0 Å². The van der Waals surface area contributed by atoms with Gasteiger partial charge in [0.15, 0.2) is 5.82 Å². The van der Waals surface area contributed by atoms with Gasteiger partial charge in [-0.1, -0.05) is 18.5 Å². The van der Waals surface area contributed by atoms with Crippen LogP contribution in [-0.4, -0.2) is 16.2 Å². The second-order valence-corrected chi connectivity index (χ2v) is 4.79. The number of ether oxygens (including phenoxy) is 1. The molecule has 90 valence electrons. The largest absolute Gasteiger partial charge is 0.365 e. The first-order valence-corrected chi connectivity index (χ1v) is 6.27. The van der Waals surface area contributed by atoms with Crippen LogP contribution in [0.5, 0.6) is 0 Å². The molecule has 2 rings (SSSR count). The molecule has 0 spiro atoms. The molecular formula is C11H17ClN2O2. The van der Waals surface area contributed by atoms with Crippen molar-refractivity contribution in [2.24, 2.45) is 0 Å². The summed E-state index contributed by atoms with van der Waals surface area (Å²) in [5.41, 5.74) is 0. The lowest BCUT2D eigenvalue weighted by Gasteiger charge is -2.04. The second kappa shape index (κ2) is 5.15. The number of hydrogen-bond donors (Lipinski definition) is 0. The molecule has 1 saturated heterocycles. The Morgan fingerprint density at radius 3 is 2.94 bits per heavy atom. The van der Waals surface area contributed by atoms with Crippen LogP contribution in [0.15, 0.2) is 4.52 Å². The van der Waals surface area contributed by atoms with Gasteiger partial charge in [-0.15, -0.1) is 11.6 Å². The minimum Gasteiger partial charge on any atom is -0.365 e. The molecule has 2 heterocycles. The van der Waals surface area contributed by atoms with E-state index in [0.29, 0.717) is 11.7 Å². The van der Waals surface area contributed by atoms with Gasteiger partial charge in [0.05, 0.1) is 11.5 Å². The van der Waals surface area contributed by atoms with E-state index in [0.717, 1.165) is 25.7 Å². The van der Waals surface area contributed by atoms with Gasteiger partial charge in [-0.05, 0) is 26.2 Å². The minimum atomic E-state index is -0.152. The van der Waals surface area contributed by atoms with Crippen molar-refractivity contribution in [2.45, 2.75) is 57.1 Å². The molecule has 0 saturated carbocycles. The third kappa shape index (κ3) is 2.55. The highest BCUT2D eigenvalue weighted by atomic mass is 35.5. The molecule has 1 fully saturated rings. The summed E-state index contributed by atoms with van der Waals surface area (Å²) in [4.78, 5) is 4.31. The fourth-order valence-electron chi connectivity index (χ4n) is 1.87. The van der Waals surface area contributed by atoms with Crippen molar-refractivity contribution in [3.05, 3.63) is 11.7 Å². The number of alkyl halides is 1. The molecular weight excluding hydrogens is 228 g/mol. The zero-order valence-corrected chi connectivity index (χ0v) is 10.4. The van der Waals surface area contributed by atoms with Crippen molar-refractivity contribution in [3.63, 3.8) is 0 Å². The molecule has 0 radical (unpaired) electrons. The number of hydrogen-bond acceptors (Lipinski definition) is 4. The van der Waals surface area contributed by atoms with Crippen molar-refractivity contribution in [1.82, 2.24) is 10.1 Å². The summed E-state index contributed by atoms with van der Waals surface area (Å²) in [7, 11) is 0. The predicted octanol–water partition coefficient (Wildman–Crippen LogP) is 3.39. The summed E-state index contributed by atoms with van der Waals surface area (Å²) >= 11 is 6.13. The van der Waals surface area contributed by atoms with Crippen molar-refractivity contribution in [3.8, 4) is 0 Å². The number of halogens is 1. The van der Waals surface area contributed by atoms with Crippen molar-refractivity contribution < 1.29 is 9.26 Å². The van der Waals surface area contributed by atoms with E-state index in [-0.39, 0.29) is 17.6 Å². The summed E-state index contributed by atoms with van der Waals surface area (Å²) in [6.45, 7) is 4.14. The van der Waals surface area contributed by atoms with Crippen LogP contribution in [0.25, 0.3) is 0 Å². The summed E-state index contributed by atoms with van der Waals surface area (Å²) in [5, 5.41) is 3.75. The molecule has 0 N–H and O–H groups in total. The molecule has 0 amide bonds. The molecule has 0 aliphatic carbocycles. The minimum absolute atomic E-state index is 0.0401. The van der Waals surface area contributed by atoms with Gasteiger partial charge in [0.1, 0.15) is 6.10 Å². The van der Waals surface area contributed by atoms with E-state index in [4.69, 9.17) is 20.9 Å². The van der Waals surface area contributed by atoms with Crippen LogP contribution in [0, 0.1) is 0 Å². The van der Waals surface area contributed by atoms with Gasteiger partial charge in [0.2, 0.25) is 0 Å². The quantitative estimate of drug-likeness (QED) is 0.762. The third-order valence-electron chi connectivity index (χ3n) is 2.79. The van der Waals surface area contributed by atoms with Gasteiger partial charge in [-0.25, -0.2) is 0 Å². The van der Waals surface area contributed by atoms with Crippen LogP contribution >= 0.6 is 11.6 Å². The molecule has 1 aliphatic heterocycles. The molecule has 1 aliphatic rings. The molecule has 1 aromatic heterocycles. The van der Waals surface area contributed by atoms with Crippen LogP contribution < -0.4 is 0 Å². The molecule has 1 aromatic rings. The van der Waals surface area contributed by atoms with Crippen molar-refractivity contribution in [1.29, 1.82) is 0 Å². The Morgan fingerprint density at radius 2 is 2.31 bits per heavy atom. The zero-order valence-electron chi connectivity index (χ0n) is 9.65. The molecule has 5 heteroatoms. The van der Waals surface area contributed by atoms with Gasteiger partial charge < -0.3 is 9.26 Å². The van der Waals surface area contributed by atoms with E-state index < -0.39 is 0 Å². The third-order valence-corrected chi connectivity index (χ3v) is 3.20. The Hall–Kier alpha value is -0.610. The van der Waals surface area contributed by atoms with Crippen LogP contribution in [0.2, 0.25) is 0 Å². The van der Waals surface area contributed by atoms with E-state index in [2.05, 4.69) is 24.0 Å². The standard InChI is InChI=1S/C11H17ClN2O2/c1-3-4-8(12)10-13-11(16-14-10)9-6-5-7(2)15-9/h7-9H,3-6H2,1-2H3. The van der Waals surface area contributed by atoms with Gasteiger partial charge in [-0.3, -0.25) is 0 Å². The summed E-state index contributed by atoms with van der Waals surface area (Å²) < 4.78 is 10.9. The topological polar surface area (TPSA) is 48.2 Å². The average molecular weight is 245 g/mol. The smallest absolute Gasteiger partial charge is 0.255 e. The maximum Gasteiger partial charge on any atom is 0.255 e. The Bertz CT molecular complexity index is 342. The molecule has 3 atom stereocenters. The summed E-state index contributed by atoms with van der Waals surface area (Å²) in [5.74, 6) is 1.16. The monoisotopic (exact) mass is 244 g/mol. The maximum absolute atomic E-state index is 6.13. The number of nitrogens with zero attached hydrogens (tertiary/aromatic N) is 2. The molecule has 4 nitrogen and oxygen atoms in total. The van der Waals surface area contributed by atoms with E-state index in [9.17, 15) is 0 Å². The molecule has 3 unspecified atom stereocenters. The maximum atomic E-state index is 6.13. The molecule has 0 aromatic carbocycles. The van der Waals surface area contributed by atoms with Crippen molar-refractivity contribution in [2.75, 3.05) is 0 Å². The second-order valence-electron chi connectivity index (χ2n) is 4.26. The fraction of sp³-hybridized carbons (Fsp3) is 0.818. The lowest BCUT2D eigenvalue weighted by Crippen LogP contribution is -2.01.